The van der Waals surface area contributed by atoms with Gasteiger partial charge in [0.15, 0.2) is 0 Å². The molecule has 0 aliphatic carbocycles. The molecule has 0 saturated carbocycles. The molecule has 0 aliphatic heterocycles. The highest BCUT2D eigenvalue weighted by Crippen LogP contribution is 2.27. The molecule has 21 heavy (non-hydrogen) atoms. The van der Waals surface area contributed by atoms with Crippen LogP contribution in [0.25, 0.3) is 0 Å². The zero-order valence-corrected chi connectivity index (χ0v) is 13.7. The zero-order chi connectivity index (χ0) is 15.4. The quantitative estimate of drug-likeness (QED) is 0.492. The molecule has 2 rings (SSSR count). The zero-order valence-electron chi connectivity index (χ0n) is 11.3. The number of hydrazine groups is 1. The number of benzene rings is 2. The Bertz CT molecular complexity index is 677. The molecule has 6 heteroatoms. The summed E-state index contributed by atoms with van der Waals surface area (Å²) in [5.74, 6) is 5.39. The number of hydrogen-bond acceptors (Lipinski definition) is 3. The second-order valence-electron chi connectivity index (χ2n) is 4.50. The fourth-order valence-electron chi connectivity index (χ4n) is 1.77. The third kappa shape index (κ3) is 3.97. The van der Waals surface area contributed by atoms with Crippen LogP contribution in [0.5, 0.6) is 5.75 Å². The maximum atomic E-state index is 11.4. The summed E-state index contributed by atoms with van der Waals surface area (Å²) in [5.41, 5.74) is 4.54. The summed E-state index contributed by atoms with van der Waals surface area (Å²) in [7, 11) is 0. The Hall–Kier alpha value is -1.56. The Morgan fingerprint density at radius 3 is 2.76 bits per heavy atom. The highest BCUT2D eigenvalue weighted by Gasteiger charge is 2.09. The summed E-state index contributed by atoms with van der Waals surface area (Å²) in [6, 6.07) is 10.8. The fourth-order valence-corrected chi connectivity index (χ4v) is 2.43. The molecule has 0 aromatic heterocycles. The van der Waals surface area contributed by atoms with Crippen LogP contribution in [0.2, 0.25) is 5.02 Å². The molecule has 3 N–H and O–H groups in total. The lowest BCUT2D eigenvalue weighted by atomic mass is 10.1. The van der Waals surface area contributed by atoms with Gasteiger partial charge in [0, 0.05) is 15.6 Å². The van der Waals surface area contributed by atoms with Crippen molar-refractivity contribution in [3.8, 4) is 5.75 Å². The van der Waals surface area contributed by atoms with E-state index in [1.807, 2.05) is 19.1 Å². The van der Waals surface area contributed by atoms with Gasteiger partial charge in [-0.3, -0.25) is 10.2 Å². The van der Waals surface area contributed by atoms with Crippen molar-refractivity contribution < 1.29 is 9.53 Å². The van der Waals surface area contributed by atoms with Gasteiger partial charge in [0.1, 0.15) is 12.4 Å². The van der Waals surface area contributed by atoms with Gasteiger partial charge in [-0.05, 0) is 36.8 Å². The monoisotopic (exact) mass is 368 g/mol. The Kier molecular flexibility index (Phi) is 5.22. The molecule has 0 heterocycles. The SMILES string of the molecule is Cc1ccc(Cl)c(OCc2ccc(C(=O)NN)cc2Br)c1. The lowest BCUT2D eigenvalue weighted by Crippen LogP contribution is -2.29. The topological polar surface area (TPSA) is 64.3 Å². The second kappa shape index (κ2) is 6.93. The molecule has 0 atom stereocenters. The van der Waals surface area contributed by atoms with Gasteiger partial charge in [-0.25, -0.2) is 5.84 Å². The number of rotatable bonds is 4. The maximum Gasteiger partial charge on any atom is 0.265 e. The van der Waals surface area contributed by atoms with E-state index in [-0.39, 0.29) is 5.91 Å². The minimum absolute atomic E-state index is 0.342. The maximum absolute atomic E-state index is 11.4. The van der Waals surface area contributed by atoms with Crippen LogP contribution in [0.15, 0.2) is 40.9 Å². The first-order valence-corrected chi connectivity index (χ1v) is 7.36. The van der Waals surface area contributed by atoms with Crippen LogP contribution < -0.4 is 16.0 Å². The van der Waals surface area contributed by atoms with Crippen LogP contribution >= 0.6 is 27.5 Å². The molecule has 1 amide bonds. The van der Waals surface area contributed by atoms with E-state index in [2.05, 4.69) is 21.4 Å². The Morgan fingerprint density at radius 2 is 2.10 bits per heavy atom. The molecule has 2 aromatic rings. The van der Waals surface area contributed by atoms with Gasteiger partial charge < -0.3 is 4.74 Å². The van der Waals surface area contributed by atoms with Crippen molar-refractivity contribution in [1.82, 2.24) is 5.43 Å². The minimum Gasteiger partial charge on any atom is -0.487 e. The number of nitrogen functional groups attached to an aromatic ring is 1. The van der Waals surface area contributed by atoms with Crippen LogP contribution in [0.3, 0.4) is 0 Å². The van der Waals surface area contributed by atoms with Crippen LogP contribution in [0.1, 0.15) is 21.5 Å². The smallest absolute Gasteiger partial charge is 0.265 e. The number of carbonyl (C=O) groups excluding carboxylic acids is 1. The summed E-state index contributed by atoms with van der Waals surface area (Å²) in [6.45, 7) is 2.31. The Morgan fingerprint density at radius 1 is 1.33 bits per heavy atom. The fraction of sp³-hybridized carbons (Fsp3) is 0.133. The van der Waals surface area contributed by atoms with E-state index in [1.165, 1.54) is 0 Å². The molecule has 4 nitrogen and oxygen atoms in total. The molecule has 0 aliphatic rings. The summed E-state index contributed by atoms with van der Waals surface area (Å²) in [4.78, 5) is 11.4. The van der Waals surface area contributed by atoms with Gasteiger partial charge in [0.25, 0.3) is 5.91 Å². The summed E-state index contributed by atoms with van der Waals surface area (Å²) in [6.07, 6.45) is 0. The average molecular weight is 370 g/mol. The summed E-state index contributed by atoms with van der Waals surface area (Å²) >= 11 is 9.50. The largest absolute Gasteiger partial charge is 0.487 e. The van der Waals surface area contributed by atoms with Crippen LogP contribution in [0, 0.1) is 6.92 Å². The van der Waals surface area contributed by atoms with Crippen LogP contribution in [-0.2, 0) is 6.61 Å². The number of ether oxygens (including phenoxy) is 1. The highest BCUT2D eigenvalue weighted by atomic mass is 79.9. The Balaban J connectivity index is 2.13. The predicted octanol–water partition coefficient (Wildman–Crippen LogP) is 3.59. The van der Waals surface area contributed by atoms with E-state index in [4.69, 9.17) is 22.2 Å². The number of hydrogen-bond donors (Lipinski definition) is 2. The number of nitrogens with one attached hydrogen (secondary N) is 1. The number of carbonyl (C=O) groups is 1. The molecule has 0 bridgehead atoms. The van der Waals surface area contributed by atoms with Gasteiger partial charge in [0.2, 0.25) is 0 Å². The number of halogens is 2. The number of aryl methyl sites for hydroxylation is 1. The van der Waals surface area contributed by atoms with Crippen molar-refractivity contribution >= 4 is 33.4 Å². The van der Waals surface area contributed by atoms with Crippen molar-refractivity contribution in [1.29, 1.82) is 0 Å². The lowest BCUT2D eigenvalue weighted by molar-refractivity contribution is 0.0953. The van der Waals surface area contributed by atoms with Gasteiger partial charge in [-0.2, -0.15) is 0 Å². The van der Waals surface area contributed by atoms with Crippen LogP contribution in [0.4, 0.5) is 0 Å². The molecular formula is C15H14BrClN2O2. The first-order chi connectivity index (χ1) is 10.0. The van der Waals surface area contributed by atoms with E-state index in [9.17, 15) is 4.79 Å². The summed E-state index contributed by atoms with van der Waals surface area (Å²) in [5, 5.41) is 0.566. The standard InChI is InChI=1S/C15H14BrClN2O2/c1-9-2-5-13(17)14(6-9)21-8-11-4-3-10(7-12(11)16)15(20)19-18/h2-7H,8,18H2,1H3,(H,19,20). The summed E-state index contributed by atoms with van der Waals surface area (Å²) < 4.78 is 6.49. The molecule has 0 fully saturated rings. The van der Waals surface area contributed by atoms with Gasteiger partial charge in [-0.15, -0.1) is 0 Å². The normalized spacial score (nSPS) is 10.3. The third-order valence-electron chi connectivity index (χ3n) is 2.92. The molecule has 110 valence electrons. The molecule has 2 aromatic carbocycles. The van der Waals surface area contributed by atoms with E-state index in [1.54, 1.807) is 24.3 Å². The van der Waals surface area contributed by atoms with Gasteiger partial charge in [0.05, 0.1) is 5.02 Å². The molecular weight excluding hydrogens is 356 g/mol. The third-order valence-corrected chi connectivity index (χ3v) is 3.97. The molecule has 0 spiro atoms. The van der Waals surface area contributed by atoms with Crippen molar-refractivity contribution in [3.05, 3.63) is 62.6 Å². The first kappa shape index (κ1) is 15.8. The average Bonchev–Trinajstić information content (AvgIpc) is 2.48. The molecule has 0 unspecified atom stereocenters. The van der Waals surface area contributed by atoms with Crippen molar-refractivity contribution in [2.24, 2.45) is 5.84 Å². The van der Waals surface area contributed by atoms with Gasteiger partial charge >= 0.3 is 0 Å². The molecule has 0 radical (unpaired) electrons. The van der Waals surface area contributed by atoms with Crippen LogP contribution in [-0.4, -0.2) is 5.91 Å². The van der Waals surface area contributed by atoms with E-state index in [0.29, 0.717) is 22.9 Å². The first-order valence-electron chi connectivity index (χ1n) is 6.19. The van der Waals surface area contributed by atoms with Crippen molar-refractivity contribution in [3.63, 3.8) is 0 Å². The molecule has 0 saturated heterocycles. The minimum atomic E-state index is -0.343. The number of amides is 1. The second-order valence-corrected chi connectivity index (χ2v) is 5.76. The van der Waals surface area contributed by atoms with Crippen molar-refractivity contribution in [2.45, 2.75) is 13.5 Å². The Labute approximate surface area is 136 Å². The number of nitrogens with two attached hydrogens (primary N) is 1. The van der Waals surface area contributed by atoms with E-state index in [0.717, 1.165) is 15.6 Å². The van der Waals surface area contributed by atoms with E-state index >= 15 is 0 Å². The predicted molar refractivity (Wildman–Crippen MR) is 86.3 cm³/mol. The lowest BCUT2D eigenvalue weighted by Gasteiger charge is -2.11. The highest BCUT2D eigenvalue weighted by molar-refractivity contribution is 9.10. The van der Waals surface area contributed by atoms with Gasteiger partial charge in [-0.1, -0.05) is 39.7 Å². The van der Waals surface area contributed by atoms with Crippen molar-refractivity contribution in [2.75, 3.05) is 0 Å². The van der Waals surface area contributed by atoms with E-state index < -0.39 is 0 Å².